The lowest BCUT2D eigenvalue weighted by Crippen LogP contribution is -2.58. The standard InChI is InChI=1S/C20H29N3O2/c1-15(2)19(16-7-4-3-5-8-16)20(25)22-11-6-9-17(14-22)23-12-10-21-13-18(23)24/h3-5,7-8,15,17,19,21H,6,9-14H2,1-2H3. The minimum absolute atomic E-state index is 0.112. The van der Waals surface area contributed by atoms with Gasteiger partial charge in [-0.05, 0) is 24.3 Å². The third-order valence-electron chi connectivity index (χ3n) is 5.37. The van der Waals surface area contributed by atoms with Crippen LogP contribution in [0.3, 0.4) is 0 Å². The minimum atomic E-state index is -0.112. The SMILES string of the molecule is CC(C)C(C(=O)N1CCCC(N2CCNCC2=O)C1)c1ccccc1. The van der Waals surface area contributed by atoms with Gasteiger partial charge in [0.05, 0.1) is 12.5 Å². The Morgan fingerprint density at radius 1 is 1.20 bits per heavy atom. The van der Waals surface area contributed by atoms with E-state index in [1.807, 2.05) is 40.1 Å². The first kappa shape index (κ1) is 17.9. The van der Waals surface area contributed by atoms with Crippen LogP contribution in [0.25, 0.3) is 0 Å². The molecular weight excluding hydrogens is 314 g/mol. The van der Waals surface area contributed by atoms with Gasteiger partial charge in [-0.2, -0.15) is 0 Å². The van der Waals surface area contributed by atoms with E-state index in [-0.39, 0.29) is 29.7 Å². The molecule has 1 aromatic rings. The summed E-state index contributed by atoms with van der Waals surface area (Å²) in [5.74, 6) is 0.497. The highest BCUT2D eigenvalue weighted by atomic mass is 16.2. The molecule has 2 fully saturated rings. The second-order valence-corrected chi connectivity index (χ2v) is 7.48. The Morgan fingerprint density at radius 3 is 2.64 bits per heavy atom. The third kappa shape index (κ3) is 4.03. The van der Waals surface area contributed by atoms with Gasteiger partial charge >= 0.3 is 0 Å². The van der Waals surface area contributed by atoms with Gasteiger partial charge in [-0.1, -0.05) is 44.2 Å². The first-order valence-corrected chi connectivity index (χ1v) is 9.42. The summed E-state index contributed by atoms with van der Waals surface area (Å²) in [6, 6.07) is 10.2. The Hall–Kier alpha value is -1.88. The lowest BCUT2D eigenvalue weighted by Gasteiger charge is -2.42. The van der Waals surface area contributed by atoms with Crippen LogP contribution in [-0.2, 0) is 9.59 Å². The van der Waals surface area contributed by atoms with Crippen LogP contribution in [0.5, 0.6) is 0 Å². The number of carbonyl (C=O) groups excluding carboxylic acids is 2. The molecule has 1 aromatic carbocycles. The Labute approximate surface area is 150 Å². The Kier molecular flexibility index (Phi) is 5.74. The van der Waals surface area contributed by atoms with Crippen molar-refractivity contribution in [3.05, 3.63) is 35.9 Å². The van der Waals surface area contributed by atoms with Gasteiger partial charge in [-0.25, -0.2) is 0 Å². The molecule has 2 heterocycles. The molecule has 5 nitrogen and oxygen atoms in total. The highest BCUT2D eigenvalue weighted by molar-refractivity contribution is 5.84. The predicted molar refractivity (Wildman–Crippen MR) is 98.2 cm³/mol. The predicted octanol–water partition coefficient (Wildman–Crippen LogP) is 1.85. The fourth-order valence-corrected chi connectivity index (χ4v) is 4.09. The first-order chi connectivity index (χ1) is 12.1. The van der Waals surface area contributed by atoms with Crippen LogP contribution >= 0.6 is 0 Å². The van der Waals surface area contributed by atoms with Crippen LogP contribution < -0.4 is 5.32 Å². The maximum absolute atomic E-state index is 13.3. The number of hydrogen-bond acceptors (Lipinski definition) is 3. The molecule has 0 saturated carbocycles. The lowest BCUT2D eigenvalue weighted by atomic mass is 9.86. The molecule has 2 amide bonds. The number of rotatable bonds is 4. The Bertz CT molecular complexity index is 602. The number of amides is 2. The molecule has 3 rings (SSSR count). The smallest absolute Gasteiger partial charge is 0.236 e. The van der Waals surface area contributed by atoms with Gasteiger partial charge in [0.25, 0.3) is 0 Å². The van der Waals surface area contributed by atoms with Crippen molar-refractivity contribution in [3.63, 3.8) is 0 Å². The summed E-state index contributed by atoms with van der Waals surface area (Å²) in [6.45, 7) is 7.69. The number of hydrogen-bond donors (Lipinski definition) is 1. The zero-order valence-electron chi connectivity index (χ0n) is 15.3. The molecule has 2 aliphatic heterocycles. The molecule has 1 N–H and O–H groups in total. The summed E-state index contributed by atoms with van der Waals surface area (Å²) in [4.78, 5) is 29.4. The van der Waals surface area contributed by atoms with E-state index in [9.17, 15) is 9.59 Å². The fraction of sp³-hybridized carbons (Fsp3) is 0.600. The lowest BCUT2D eigenvalue weighted by molar-refractivity contribution is -0.141. The Balaban J connectivity index is 1.73. The van der Waals surface area contributed by atoms with E-state index in [4.69, 9.17) is 0 Å². The van der Waals surface area contributed by atoms with Crippen LogP contribution in [0.1, 0.15) is 38.2 Å². The molecule has 0 bridgehead atoms. The van der Waals surface area contributed by atoms with E-state index in [0.29, 0.717) is 13.1 Å². The van der Waals surface area contributed by atoms with Crippen molar-refractivity contribution in [2.75, 3.05) is 32.7 Å². The normalized spacial score (nSPS) is 23.0. The molecule has 136 valence electrons. The first-order valence-electron chi connectivity index (χ1n) is 9.42. The monoisotopic (exact) mass is 343 g/mol. The van der Waals surface area contributed by atoms with Crippen molar-refractivity contribution >= 4 is 11.8 Å². The second-order valence-electron chi connectivity index (χ2n) is 7.48. The fourth-order valence-electron chi connectivity index (χ4n) is 4.09. The molecule has 2 aliphatic rings. The van der Waals surface area contributed by atoms with Crippen molar-refractivity contribution in [1.82, 2.24) is 15.1 Å². The summed E-state index contributed by atoms with van der Waals surface area (Å²) in [6.07, 6.45) is 1.96. The summed E-state index contributed by atoms with van der Waals surface area (Å²) in [7, 11) is 0. The number of benzene rings is 1. The highest BCUT2D eigenvalue weighted by Gasteiger charge is 2.35. The summed E-state index contributed by atoms with van der Waals surface area (Å²) < 4.78 is 0. The Morgan fingerprint density at radius 2 is 1.96 bits per heavy atom. The molecular formula is C20H29N3O2. The highest BCUT2D eigenvalue weighted by Crippen LogP contribution is 2.28. The van der Waals surface area contributed by atoms with Gasteiger partial charge in [-0.3, -0.25) is 9.59 Å². The van der Waals surface area contributed by atoms with E-state index >= 15 is 0 Å². The maximum Gasteiger partial charge on any atom is 0.236 e. The van der Waals surface area contributed by atoms with Gasteiger partial charge in [0, 0.05) is 32.2 Å². The van der Waals surface area contributed by atoms with Crippen LogP contribution in [0.15, 0.2) is 30.3 Å². The van der Waals surface area contributed by atoms with Gasteiger partial charge in [0.2, 0.25) is 11.8 Å². The van der Waals surface area contributed by atoms with Crippen molar-refractivity contribution in [2.45, 2.75) is 38.6 Å². The topological polar surface area (TPSA) is 52.7 Å². The quantitative estimate of drug-likeness (QED) is 0.908. The van der Waals surface area contributed by atoms with Crippen LogP contribution in [0.4, 0.5) is 0 Å². The number of piperazine rings is 1. The summed E-state index contributed by atoms with van der Waals surface area (Å²) >= 11 is 0. The van der Waals surface area contributed by atoms with Crippen molar-refractivity contribution in [2.24, 2.45) is 5.92 Å². The number of nitrogens with zero attached hydrogens (tertiary/aromatic N) is 2. The molecule has 2 saturated heterocycles. The molecule has 25 heavy (non-hydrogen) atoms. The minimum Gasteiger partial charge on any atom is -0.340 e. The zero-order valence-corrected chi connectivity index (χ0v) is 15.3. The van der Waals surface area contributed by atoms with E-state index in [1.54, 1.807) is 0 Å². The second kappa shape index (κ2) is 8.00. The third-order valence-corrected chi connectivity index (χ3v) is 5.37. The average molecular weight is 343 g/mol. The average Bonchev–Trinajstić information content (AvgIpc) is 2.63. The van der Waals surface area contributed by atoms with Gasteiger partial charge in [0.1, 0.15) is 0 Å². The van der Waals surface area contributed by atoms with E-state index in [1.165, 1.54) is 0 Å². The maximum atomic E-state index is 13.3. The zero-order chi connectivity index (χ0) is 17.8. The number of piperidine rings is 1. The van der Waals surface area contributed by atoms with Crippen LogP contribution in [0.2, 0.25) is 0 Å². The molecule has 2 atom stereocenters. The largest absolute Gasteiger partial charge is 0.340 e. The van der Waals surface area contributed by atoms with Crippen LogP contribution in [0, 0.1) is 5.92 Å². The molecule has 0 radical (unpaired) electrons. The van der Waals surface area contributed by atoms with Crippen molar-refractivity contribution in [1.29, 1.82) is 0 Å². The molecule has 0 spiro atoms. The van der Waals surface area contributed by atoms with Crippen molar-refractivity contribution in [3.8, 4) is 0 Å². The summed E-state index contributed by atoms with van der Waals surface area (Å²) in [5, 5.41) is 3.12. The summed E-state index contributed by atoms with van der Waals surface area (Å²) in [5.41, 5.74) is 1.09. The molecule has 0 aliphatic carbocycles. The van der Waals surface area contributed by atoms with E-state index < -0.39 is 0 Å². The number of nitrogens with one attached hydrogen (secondary N) is 1. The van der Waals surface area contributed by atoms with Crippen LogP contribution in [-0.4, -0.2) is 60.4 Å². The number of carbonyl (C=O) groups is 2. The number of likely N-dealkylation sites (tertiary alicyclic amines) is 1. The van der Waals surface area contributed by atoms with Gasteiger partial charge < -0.3 is 15.1 Å². The molecule has 2 unspecified atom stereocenters. The molecule has 0 aromatic heterocycles. The van der Waals surface area contributed by atoms with E-state index in [0.717, 1.165) is 38.0 Å². The van der Waals surface area contributed by atoms with Gasteiger partial charge in [-0.15, -0.1) is 0 Å². The molecule has 5 heteroatoms. The van der Waals surface area contributed by atoms with Crippen molar-refractivity contribution < 1.29 is 9.59 Å². The van der Waals surface area contributed by atoms with Gasteiger partial charge in [0.15, 0.2) is 0 Å². The van der Waals surface area contributed by atoms with E-state index in [2.05, 4.69) is 19.2 Å².